The van der Waals surface area contributed by atoms with Crippen molar-refractivity contribution < 1.29 is 18.3 Å². The monoisotopic (exact) mass is 264 g/mol. The van der Waals surface area contributed by atoms with Gasteiger partial charge < -0.3 is 5.11 Å². The number of nitrogens with one attached hydrogen (secondary N) is 2. The molecule has 1 aromatic rings. The van der Waals surface area contributed by atoms with Crippen LogP contribution in [0.3, 0.4) is 0 Å². The van der Waals surface area contributed by atoms with Crippen LogP contribution in [0.1, 0.15) is 23.0 Å². The molecule has 0 aromatic carbocycles. The SMILES string of the molecule is CCCNS(=O)(=O)Nc1ccsc1C(=O)O. The Balaban J connectivity index is 2.80. The van der Waals surface area contributed by atoms with Crippen LogP contribution in [0, 0.1) is 0 Å². The zero-order valence-corrected chi connectivity index (χ0v) is 10.2. The van der Waals surface area contributed by atoms with E-state index in [-0.39, 0.29) is 10.6 Å². The molecule has 1 aromatic heterocycles. The zero-order chi connectivity index (χ0) is 12.2. The molecule has 16 heavy (non-hydrogen) atoms. The molecule has 0 unspecified atom stereocenters. The lowest BCUT2D eigenvalue weighted by Crippen LogP contribution is -2.30. The Bertz CT molecular complexity index is 466. The van der Waals surface area contributed by atoms with Crippen molar-refractivity contribution in [2.75, 3.05) is 11.3 Å². The number of thiophene rings is 1. The number of carboxylic acids is 1. The average molecular weight is 264 g/mol. The second kappa shape index (κ2) is 5.28. The van der Waals surface area contributed by atoms with E-state index in [9.17, 15) is 13.2 Å². The third kappa shape index (κ3) is 3.47. The van der Waals surface area contributed by atoms with Gasteiger partial charge in [0.25, 0.3) is 10.2 Å². The van der Waals surface area contributed by atoms with Crippen LogP contribution in [0.5, 0.6) is 0 Å². The van der Waals surface area contributed by atoms with E-state index >= 15 is 0 Å². The number of hydrogen-bond donors (Lipinski definition) is 3. The van der Waals surface area contributed by atoms with Crippen LogP contribution >= 0.6 is 11.3 Å². The van der Waals surface area contributed by atoms with E-state index in [0.717, 1.165) is 11.3 Å². The Morgan fingerprint density at radius 1 is 1.56 bits per heavy atom. The molecule has 0 radical (unpaired) electrons. The Kier molecular flexibility index (Phi) is 4.27. The van der Waals surface area contributed by atoms with Gasteiger partial charge in [0.2, 0.25) is 0 Å². The van der Waals surface area contributed by atoms with Crippen LogP contribution in [-0.2, 0) is 10.2 Å². The molecule has 0 atom stereocenters. The number of aromatic carboxylic acids is 1. The molecular weight excluding hydrogens is 252 g/mol. The normalized spacial score (nSPS) is 11.3. The van der Waals surface area contributed by atoms with Gasteiger partial charge in [-0.2, -0.15) is 13.1 Å². The summed E-state index contributed by atoms with van der Waals surface area (Å²) in [5, 5.41) is 10.3. The minimum atomic E-state index is -3.68. The number of anilines is 1. The molecule has 1 heterocycles. The van der Waals surface area contributed by atoms with Crippen LogP contribution in [0.25, 0.3) is 0 Å². The molecule has 1 rings (SSSR count). The summed E-state index contributed by atoms with van der Waals surface area (Å²) in [5.41, 5.74) is 0.0844. The van der Waals surface area contributed by atoms with Crippen molar-refractivity contribution in [3.63, 3.8) is 0 Å². The lowest BCUT2D eigenvalue weighted by Gasteiger charge is -2.07. The van der Waals surface area contributed by atoms with Gasteiger partial charge in [0, 0.05) is 6.54 Å². The molecule has 3 N–H and O–H groups in total. The first-order valence-corrected chi connectivity index (χ1v) is 6.90. The fourth-order valence-electron chi connectivity index (χ4n) is 0.973. The minimum absolute atomic E-state index is 0.0260. The predicted molar refractivity (Wildman–Crippen MR) is 62.1 cm³/mol. The molecule has 0 aliphatic heterocycles. The van der Waals surface area contributed by atoms with Gasteiger partial charge in [0.05, 0.1) is 5.69 Å². The molecule has 0 saturated carbocycles. The maximum Gasteiger partial charge on any atom is 0.348 e. The van der Waals surface area contributed by atoms with Gasteiger partial charge in [-0.15, -0.1) is 11.3 Å². The summed E-state index contributed by atoms with van der Waals surface area (Å²) in [7, 11) is -3.68. The van der Waals surface area contributed by atoms with Crippen LogP contribution in [-0.4, -0.2) is 26.0 Å². The maximum atomic E-state index is 11.4. The second-order valence-electron chi connectivity index (χ2n) is 2.97. The lowest BCUT2D eigenvalue weighted by atomic mass is 10.4. The van der Waals surface area contributed by atoms with Gasteiger partial charge in [0.15, 0.2) is 0 Å². The molecular formula is C8H12N2O4S2. The lowest BCUT2D eigenvalue weighted by molar-refractivity contribution is 0.0703. The fourth-order valence-corrected chi connectivity index (χ4v) is 2.73. The standard InChI is InChI=1S/C8H12N2O4S2/c1-2-4-9-16(13,14)10-6-3-5-15-7(6)8(11)12/h3,5,9-10H,2,4H2,1H3,(H,11,12). The largest absolute Gasteiger partial charge is 0.477 e. The first kappa shape index (κ1) is 12.9. The summed E-state index contributed by atoms with van der Waals surface area (Å²) in [6, 6.07) is 1.42. The minimum Gasteiger partial charge on any atom is -0.477 e. The smallest absolute Gasteiger partial charge is 0.348 e. The van der Waals surface area contributed by atoms with E-state index in [2.05, 4.69) is 9.44 Å². The van der Waals surface area contributed by atoms with E-state index < -0.39 is 16.2 Å². The van der Waals surface area contributed by atoms with Crippen LogP contribution in [0.15, 0.2) is 11.4 Å². The first-order chi connectivity index (χ1) is 7.46. The van der Waals surface area contributed by atoms with E-state index in [4.69, 9.17) is 5.11 Å². The van der Waals surface area contributed by atoms with Gasteiger partial charge in [-0.3, -0.25) is 4.72 Å². The Hall–Kier alpha value is -1.12. The van der Waals surface area contributed by atoms with Crippen LogP contribution in [0.4, 0.5) is 5.69 Å². The van der Waals surface area contributed by atoms with Crippen molar-refractivity contribution in [2.24, 2.45) is 0 Å². The van der Waals surface area contributed by atoms with E-state index in [0.29, 0.717) is 13.0 Å². The molecule has 90 valence electrons. The average Bonchev–Trinajstić information content (AvgIpc) is 2.62. The summed E-state index contributed by atoms with van der Waals surface area (Å²) in [6.07, 6.45) is 0.663. The molecule has 0 fully saturated rings. The highest BCUT2D eigenvalue weighted by Crippen LogP contribution is 2.22. The van der Waals surface area contributed by atoms with Crippen LogP contribution < -0.4 is 9.44 Å². The Morgan fingerprint density at radius 2 is 2.25 bits per heavy atom. The van der Waals surface area contributed by atoms with Crippen molar-refractivity contribution in [3.05, 3.63) is 16.3 Å². The highest BCUT2D eigenvalue weighted by atomic mass is 32.2. The van der Waals surface area contributed by atoms with Gasteiger partial charge in [-0.25, -0.2) is 4.79 Å². The highest BCUT2D eigenvalue weighted by molar-refractivity contribution is 7.90. The molecule has 8 heteroatoms. The predicted octanol–water partition coefficient (Wildman–Crippen LogP) is 1.10. The maximum absolute atomic E-state index is 11.4. The van der Waals surface area contributed by atoms with Crippen molar-refractivity contribution in [1.29, 1.82) is 0 Å². The second-order valence-corrected chi connectivity index (χ2v) is 5.38. The van der Waals surface area contributed by atoms with E-state index in [1.807, 2.05) is 6.92 Å². The van der Waals surface area contributed by atoms with E-state index in [1.165, 1.54) is 11.4 Å². The van der Waals surface area contributed by atoms with Gasteiger partial charge >= 0.3 is 5.97 Å². The molecule has 0 amide bonds. The van der Waals surface area contributed by atoms with Gasteiger partial charge in [0.1, 0.15) is 4.88 Å². The quantitative estimate of drug-likeness (QED) is 0.717. The molecule has 0 spiro atoms. The van der Waals surface area contributed by atoms with E-state index in [1.54, 1.807) is 0 Å². The molecule has 6 nitrogen and oxygen atoms in total. The van der Waals surface area contributed by atoms with Crippen molar-refractivity contribution >= 4 is 33.2 Å². The highest BCUT2D eigenvalue weighted by Gasteiger charge is 2.16. The zero-order valence-electron chi connectivity index (χ0n) is 8.56. The van der Waals surface area contributed by atoms with Crippen LogP contribution in [0.2, 0.25) is 0 Å². The Labute approximate surface area is 97.5 Å². The molecule has 0 aliphatic rings. The summed E-state index contributed by atoms with van der Waals surface area (Å²) < 4.78 is 27.3. The molecule has 0 saturated heterocycles. The van der Waals surface area contributed by atoms with Gasteiger partial charge in [-0.1, -0.05) is 6.92 Å². The van der Waals surface area contributed by atoms with Crippen molar-refractivity contribution in [3.8, 4) is 0 Å². The fraction of sp³-hybridized carbons (Fsp3) is 0.375. The summed E-state index contributed by atoms with van der Waals surface area (Å²) in [6.45, 7) is 2.14. The third-order valence-corrected chi connectivity index (χ3v) is 3.62. The summed E-state index contributed by atoms with van der Waals surface area (Å²) >= 11 is 0.968. The molecule has 0 aliphatic carbocycles. The topological polar surface area (TPSA) is 95.5 Å². The number of hydrogen-bond acceptors (Lipinski definition) is 4. The summed E-state index contributed by atoms with van der Waals surface area (Å²) in [4.78, 5) is 10.7. The Morgan fingerprint density at radius 3 is 2.81 bits per heavy atom. The third-order valence-electron chi connectivity index (χ3n) is 1.65. The van der Waals surface area contributed by atoms with Crippen molar-refractivity contribution in [2.45, 2.75) is 13.3 Å². The number of rotatable bonds is 6. The van der Waals surface area contributed by atoms with Crippen molar-refractivity contribution in [1.82, 2.24) is 4.72 Å². The van der Waals surface area contributed by atoms with Gasteiger partial charge in [-0.05, 0) is 17.9 Å². The molecule has 0 bridgehead atoms. The number of carbonyl (C=O) groups is 1. The first-order valence-electron chi connectivity index (χ1n) is 4.54. The summed E-state index contributed by atoms with van der Waals surface area (Å²) in [5.74, 6) is -1.15. The number of carboxylic acid groups (broad SMARTS) is 1.